The molecule has 6 heteroatoms. The van der Waals surface area contributed by atoms with Crippen molar-refractivity contribution < 1.29 is 19.4 Å². The van der Waals surface area contributed by atoms with Crippen LogP contribution >= 0.6 is 0 Å². The number of nitrogens with zero attached hydrogens (tertiary/aromatic N) is 2. The maximum absolute atomic E-state index is 13.0. The number of carbonyl (C=O) groups is 2. The van der Waals surface area contributed by atoms with E-state index < -0.39 is 17.5 Å². The van der Waals surface area contributed by atoms with Gasteiger partial charge in [0.05, 0.1) is 22.4 Å². The van der Waals surface area contributed by atoms with Gasteiger partial charge < -0.3 is 9.84 Å². The van der Waals surface area contributed by atoms with Gasteiger partial charge in [0.15, 0.2) is 6.10 Å². The van der Waals surface area contributed by atoms with Gasteiger partial charge in [-0.3, -0.25) is 9.20 Å². The third-order valence-corrected chi connectivity index (χ3v) is 6.64. The summed E-state index contributed by atoms with van der Waals surface area (Å²) in [6, 6.07) is 18.5. The highest BCUT2D eigenvalue weighted by atomic mass is 16.5. The van der Waals surface area contributed by atoms with Gasteiger partial charge in [-0.05, 0) is 74.9 Å². The van der Waals surface area contributed by atoms with E-state index in [0.29, 0.717) is 11.5 Å². The lowest BCUT2D eigenvalue weighted by atomic mass is 9.95. The molecular formula is C30H30N2O4. The SMILES string of the molecule is Cc1ccc([C@H](OC(=O)C(C)(C)C)c2ccc(-c3ccccc3C(=O)O)cc2)n2cc(C3CC3)nc12. The lowest BCUT2D eigenvalue weighted by Gasteiger charge is -2.25. The molecule has 1 fully saturated rings. The Bertz CT molecular complexity index is 1460. The maximum Gasteiger partial charge on any atom is 0.336 e. The molecule has 2 aromatic heterocycles. The van der Waals surface area contributed by atoms with Crippen LogP contribution in [-0.2, 0) is 9.53 Å². The van der Waals surface area contributed by atoms with Gasteiger partial charge in [0.25, 0.3) is 0 Å². The van der Waals surface area contributed by atoms with E-state index in [9.17, 15) is 14.7 Å². The standard InChI is InChI=1S/C30H30N2O4/c1-18-9-16-25(32-17-24(20-12-13-20)31-27(18)32)26(36-29(35)30(2,3)4)21-14-10-19(11-15-21)22-7-5-6-8-23(22)28(33)34/h5-11,14-17,20,26H,12-13H2,1-4H3,(H,33,34)/t26-/m1/s1. The average Bonchev–Trinajstić information content (AvgIpc) is 3.60. The zero-order chi connectivity index (χ0) is 25.6. The number of aromatic nitrogens is 2. The van der Waals surface area contributed by atoms with Gasteiger partial charge in [-0.1, -0.05) is 48.5 Å². The number of aromatic carboxylic acids is 1. The Morgan fingerprint density at radius 2 is 1.72 bits per heavy atom. The molecule has 184 valence electrons. The molecule has 0 unspecified atom stereocenters. The van der Waals surface area contributed by atoms with Crippen LogP contribution in [0.4, 0.5) is 0 Å². The molecule has 1 aliphatic carbocycles. The van der Waals surface area contributed by atoms with Crippen LogP contribution in [0.25, 0.3) is 16.8 Å². The second-order valence-electron chi connectivity index (χ2n) is 10.6. The summed E-state index contributed by atoms with van der Waals surface area (Å²) in [4.78, 5) is 29.6. The molecule has 6 nitrogen and oxygen atoms in total. The topological polar surface area (TPSA) is 80.9 Å². The van der Waals surface area contributed by atoms with E-state index in [2.05, 4.69) is 10.6 Å². The van der Waals surface area contributed by atoms with Crippen LogP contribution in [-0.4, -0.2) is 26.4 Å². The van der Waals surface area contributed by atoms with Gasteiger partial charge in [-0.15, -0.1) is 0 Å². The highest BCUT2D eigenvalue weighted by Gasteiger charge is 2.31. The number of pyridine rings is 1. The smallest absolute Gasteiger partial charge is 0.336 e. The van der Waals surface area contributed by atoms with E-state index in [1.807, 2.05) is 70.2 Å². The summed E-state index contributed by atoms with van der Waals surface area (Å²) in [5.41, 5.74) is 5.63. The molecule has 0 aliphatic heterocycles. The Hall–Kier alpha value is -3.93. The second-order valence-corrected chi connectivity index (χ2v) is 10.6. The molecule has 1 aliphatic rings. The van der Waals surface area contributed by atoms with Crippen molar-refractivity contribution in [3.63, 3.8) is 0 Å². The van der Waals surface area contributed by atoms with Crippen LogP contribution in [0.3, 0.4) is 0 Å². The van der Waals surface area contributed by atoms with E-state index in [4.69, 9.17) is 9.72 Å². The lowest BCUT2D eigenvalue weighted by Crippen LogP contribution is -2.26. The zero-order valence-electron chi connectivity index (χ0n) is 21.0. The number of rotatable bonds is 6. The monoisotopic (exact) mass is 482 g/mol. The van der Waals surface area contributed by atoms with Crippen molar-refractivity contribution in [3.05, 3.63) is 94.9 Å². The Kier molecular flexibility index (Phi) is 5.91. The number of carboxylic acid groups (broad SMARTS) is 1. The van der Waals surface area contributed by atoms with Crippen molar-refractivity contribution in [2.24, 2.45) is 5.41 Å². The average molecular weight is 483 g/mol. The van der Waals surface area contributed by atoms with E-state index in [-0.39, 0.29) is 11.5 Å². The van der Waals surface area contributed by atoms with E-state index in [0.717, 1.165) is 46.6 Å². The number of esters is 1. The number of benzene rings is 2. The minimum Gasteiger partial charge on any atom is -0.478 e. The summed E-state index contributed by atoms with van der Waals surface area (Å²) in [6.07, 6.45) is 3.73. The minimum absolute atomic E-state index is 0.243. The summed E-state index contributed by atoms with van der Waals surface area (Å²) in [5.74, 6) is -0.773. The number of imidazole rings is 1. The van der Waals surface area contributed by atoms with E-state index in [1.165, 1.54) is 0 Å². The number of aryl methyl sites for hydroxylation is 1. The number of fused-ring (bicyclic) bond motifs is 1. The molecule has 36 heavy (non-hydrogen) atoms. The van der Waals surface area contributed by atoms with Crippen LogP contribution < -0.4 is 0 Å². The fraction of sp³-hybridized carbons (Fsp3) is 0.300. The van der Waals surface area contributed by atoms with Crippen LogP contribution in [0.15, 0.2) is 66.9 Å². The Labute approximate surface area is 210 Å². The Balaban J connectivity index is 1.60. The van der Waals surface area contributed by atoms with Crippen molar-refractivity contribution in [2.75, 3.05) is 0 Å². The fourth-order valence-corrected chi connectivity index (χ4v) is 4.37. The maximum atomic E-state index is 13.0. The second kappa shape index (κ2) is 8.94. The van der Waals surface area contributed by atoms with Crippen LogP contribution in [0, 0.1) is 12.3 Å². The molecule has 0 amide bonds. The Morgan fingerprint density at radius 1 is 1.03 bits per heavy atom. The normalized spacial score (nSPS) is 14.6. The van der Waals surface area contributed by atoms with Gasteiger partial charge in [0, 0.05) is 12.1 Å². The highest BCUT2D eigenvalue weighted by Crippen LogP contribution is 2.40. The molecule has 2 aromatic carbocycles. The van der Waals surface area contributed by atoms with Crippen molar-refractivity contribution in [1.82, 2.24) is 9.38 Å². The molecule has 4 aromatic rings. The van der Waals surface area contributed by atoms with Crippen LogP contribution in [0.5, 0.6) is 0 Å². The number of carbonyl (C=O) groups excluding carboxylic acids is 1. The van der Waals surface area contributed by atoms with Crippen molar-refractivity contribution in [3.8, 4) is 11.1 Å². The molecule has 0 spiro atoms. The molecular weight excluding hydrogens is 452 g/mol. The molecule has 0 bridgehead atoms. The molecule has 0 saturated heterocycles. The fourth-order valence-electron chi connectivity index (χ4n) is 4.37. The van der Waals surface area contributed by atoms with Gasteiger partial charge >= 0.3 is 11.9 Å². The third-order valence-electron chi connectivity index (χ3n) is 6.64. The van der Waals surface area contributed by atoms with Crippen LogP contribution in [0.2, 0.25) is 0 Å². The molecule has 1 saturated carbocycles. The van der Waals surface area contributed by atoms with Gasteiger partial charge in [-0.2, -0.15) is 0 Å². The quantitative estimate of drug-likeness (QED) is 0.315. The van der Waals surface area contributed by atoms with Gasteiger partial charge in [0.1, 0.15) is 5.65 Å². The molecule has 2 heterocycles. The van der Waals surface area contributed by atoms with E-state index >= 15 is 0 Å². The zero-order valence-corrected chi connectivity index (χ0v) is 21.0. The first-order valence-corrected chi connectivity index (χ1v) is 12.3. The van der Waals surface area contributed by atoms with Crippen molar-refractivity contribution >= 4 is 17.6 Å². The number of carboxylic acids is 1. The summed E-state index contributed by atoms with van der Waals surface area (Å²) in [5, 5.41) is 9.60. The van der Waals surface area contributed by atoms with Gasteiger partial charge in [-0.25, -0.2) is 9.78 Å². The molecule has 5 rings (SSSR count). The number of hydrogen-bond acceptors (Lipinski definition) is 4. The van der Waals surface area contributed by atoms with Crippen LogP contribution in [0.1, 0.15) is 78.5 Å². The summed E-state index contributed by atoms with van der Waals surface area (Å²) >= 11 is 0. The number of ether oxygens (including phenoxy) is 1. The largest absolute Gasteiger partial charge is 0.478 e. The lowest BCUT2D eigenvalue weighted by molar-refractivity contribution is -0.157. The first kappa shape index (κ1) is 23.8. The predicted molar refractivity (Wildman–Crippen MR) is 138 cm³/mol. The first-order valence-electron chi connectivity index (χ1n) is 12.3. The highest BCUT2D eigenvalue weighted by molar-refractivity contribution is 5.96. The molecule has 1 atom stereocenters. The summed E-state index contributed by atoms with van der Waals surface area (Å²) < 4.78 is 8.20. The third kappa shape index (κ3) is 4.51. The first-order chi connectivity index (χ1) is 17.1. The summed E-state index contributed by atoms with van der Waals surface area (Å²) in [7, 11) is 0. The van der Waals surface area contributed by atoms with Crippen molar-refractivity contribution in [1.29, 1.82) is 0 Å². The number of hydrogen-bond donors (Lipinski definition) is 1. The predicted octanol–water partition coefficient (Wildman–Crippen LogP) is 6.56. The minimum atomic E-state index is -0.972. The Morgan fingerprint density at radius 3 is 2.36 bits per heavy atom. The molecule has 1 N–H and O–H groups in total. The van der Waals surface area contributed by atoms with Crippen molar-refractivity contribution in [2.45, 2.75) is 52.6 Å². The van der Waals surface area contributed by atoms with Gasteiger partial charge in [0.2, 0.25) is 0 Å². The molecule has 0 radical (unpaired) electrons. The summed E-state index contributed by atoms with van der Waals surface area (Å²) in [6.45, 7) is 7.55. The van der Waals surface area contributed by atoms with E-state index in [1.54, 1.807) is 18.2 Å².